The molecule has 194 valence electrons. The normalized spacial score (nSPS) is 15.2. The first kappa shape index (κ1) is 24.7. The van der Waals surface area contributed by atoms with Crippen molar-refractivity contribution in [2.45, 2.75) is 31.8 Å². The number of nitrogens with zero attached hydrogens (tertiary/aromatic N) is 6. The molecule has 0 atom stereocenters. The summed E-state index contributed by atoms with van der Waals surface area (Å²) in [7, 11) is 5.63. The van der Waals surface area contributed by atoms with E-state index in [-0.39, 0.29) is 0 Å². The molecular weight excluding hydrogens is 475 g/mol. The summed E-state index contributed by atoms with van der Waals surface area (Å²) in [5, 5.41) is 10.4. The van der Waals surface area contributed by atoms with Crippen LogP contribution in [0.4, 0.5) is 27.4 Å². The van der Waals surface area contributed by atoms with E-state index < -0.39 is 11.7 Å². The highest BCUT2D eigenvalue weighted by atomic mass is 19.1. The number of aromatic nitrogens is 4. The zero-order valence-electron chi connectivity index (χ0n) is 21.3. The van der Waals surface area contributed by atoms with Gasteiger partial charge in [-0.25, -0.2) is 14.4 Å². The van der Waals surface area contributed by atoms with E-state index in [4.69, 9.17) is 9.72 Å². The number of amides is 1. The number of carbonyl (C=O) groups excluding carboxylic acids is 1. The van der Waals surface area contributed by atoms with Gasteiger partial charge in [-0.1, -0.05) is 6.58 Å². The molecule has 0 radical (unpaired) electrons. The van der Waals surface area contributed by atoms with Gasteiger partial charge >= 0.3 is 0 Å². The first-order valence-electron chi connectivity index (χ1n) is 12.3. The van der Waals surface area contributed by atoms with Gasteiger partial charge in [0.1, 0.15) is 5.75 Å². The fourth-order valence-electron chi connectivity index (χ4n) is 4.69. The van der Waals surface area contributed by atoms with Gasteiger partial charge in [0.2, 0.25) is 5.95 Å². The lowest BCUT2D eigenvalue weighted by Gasteiger charge is -2.45. The fraction of sp³-hybridized carbons (Fsp3) is 0.385. The summed E-state index contributed by atoms with van der Waals surface area (Å²) in [6, 6.07) is 5.77. The van der Waals surface area contributed by atoms with Crippen LogP contribution in [0.25, 0.3) is 11.3 Å². The highest BCUT2D eigenvalue weighted by Crippen LogP contribution is 2.40. The molecule has 4 heterocycles. The summed E-state index contributed by atoms with van der Waals surface area (Å²) in [5.74, 6) is -1.06. The number of hydrogen-bond acceptors (Lipinski definition) is 8. The molecule has 0 unspecified atom stereocenters. The summed E-state index contributed by atoms with van der Waals surface area (Å²) in [5.41, 5.74) is 4.65. The van der Waals surface area contributed by atoms with Crippen LogP contribution >= 0.6 is 0 Å². The largest absolute Gasteiger partial charge is 0.494 e. The molecule has 1 amide bonds. The number of hydrogen-bond donors (Lipinski definition) is 2. The van der Waals surface area contributed by atoms with E-state index in [9.17, 15) is 9.18 Å². The standard InChI is InChI=1S/C26H31FN8O2/c1-16(27)25(36)30-20-11-21(24(37-4)12-23(20)34-14-17(15-34)33(2)3)32-26-28-9-8-19(31-26)18-13-29-35-10-6-5-7-22(18)35/h8-9,11-13,17H,1,5-7,10,14-15H2,2-4H3,(H,30,36)(H,28,31,32). The second-order valence-electron chi connectivity index (χ2n) is 9.53. The average molecular weight is 507 g/mol. The molecule has 2 aliphatic heterocycles. The number of fused-ring (bicyclic) bond motifs is 1. The Morgan fingerprint density at radius 3 is 2.78 bits per heavy atom. The van der Waals surface area contributed by atoms with Crippen LogP contribution in [-0.2, 0) is 17.8 Å². The molecule has 0 saturated carbocycles. The van der Waals surface area contributed by atoms with Crippen LogP contribution in [0.2, 0.25) is 0 Å². The van der Waals surface area contributed by atoms with E-state index in [1.54, 1.807) is 19.4 Å². The lowest BCUT2D eigenvalue weighted by atomic mass is 10.0. The molecule has 10 nitrogen and oxygen atoms in total. The molecule has 1 aromatic carbocycles. The number of likely N-dealkylation sites (N-methyl/N-ethyl adjacent to an activating group) is 1. The van der Waals surface area contributed by atoms with Gasteiger partial charge in [-0.3, -0.25) is 9.48 Å². The minimum Gasteiger partial charge on any atom is -0.494 e. The third-order valence-corrected chi connectivity index (χ3v) is 6.91. The summed E-state index contributed by atoms with van der Waals surface area (Å²) in [6.45, 7) is 5.57. The number of anilines is 4. The molecule has 2 N–H and O–H groups in total. The van der Waals surface area contributed by atoms with Crippen LogP contribution in [0.5, 0.6) is 5.75 Å². The molecule has 0 spiro atoms. The van der Waals surface area contributed by atoms with Crippen molar-refractivity contribution in [3.8, 4) is 17.0 Å². The molecule has 0 aliphatic carbocycles. The van der Waals surface area contributed by atoms with Gasteiger partial charge in [-0.05, 0) is 45.5 Å². The van der Waals surface area contributed by atoms with Crippen molar-refractivity contribution in [2.75, 3.05) is 49.8 Å². The zero-order chi connectivity index (χ0) is 26.1. The maximum Gasteiger partial charge on any atom is 0.283 e. The van der Waals surface area contributed by atoms with Crippen molar-refractivity contribution in [3.05, 3.63) is 48.7 Å². The minimum atomic E-state index is -1.06. The fourth-order valence-corrected chi connectivity index (χ4v) is 4.69. The zero-order valence-corrected chi connectivity index (χ0v) is 21.3. The summed E-state index contributed by atoms with van der Waals surface area (Å²) >= 11 is 0. The van der Waals surface area contributed by atoms with Crippen LogP contribution in [-0.4, -0.2) is 70.9 Å². The van der Waals surface area contributed by atoms with E-state index in [0.717, 1.165) is 55.8 Å². The van der Waals surface area contributed by atoms with Crippen molar-refractivity contribution < 1.29 is 13.9 Å². The number of halogens is 1. The second kappa shape index (κ2) is 10.2. The van der Waals surface area contributed by atoms with Crippen LogP contribution < -0.4 is 20.3 Å². The Hall–Kier alpha value is -3.99. The smallest absolute Gasteiger partial charge is 0.283 e. The van der Waals surface area contributed by atoms with E-state index in [1.807, 2.05) is 37.1 Å². The van der Waals surface area contributed by atoms with Crippen LogP contribution in [0.3, 0.4) is 0 Å². The van der Waals surface area contributed by atoms with Crippen LogP contribution in [0.1, 0.15) is 18.5 Å². The van der Waals surface area contributed by atoms with E-state index in [2.05, 4.69) is 37.1 Å². The molecule has 5 rings (SSSR count). The predicted molar refractivity (Wildman–Crippen MR) is 141 cm³/mol. The average Bonchev–Trinajstić information content (AvgIpc) is 3.28. The first-order valence-corrected chi connectivity index (χ1v) is 12.3. The third-order valence-electron chi connectivity index (χ3n) is 6.91. The first-order chi connectivity index (χ1) is 17.8. The van der Waals surface area contributed by atoms with Crippen molar-refractivity contribution in [3.63, 3.8) is 0 Å². The maximum atomic E-state index is 13.6. The van der Waals surface area contributed by atoms with Gasteiger partial charge in [-0.15, -0.1) is 0 Å². The van der Waals surface area contributed by atoms with Gasteiger partial charge in [0.05, 0.1) is 36.1 Å². The van der Waals surface area contributed by atoms with Crippen LogP contribution in [0, 0.1) is 0 Å². The SMILES string of the molecule is C=C(F)C(=O)Nc1cc(Nc2nccc(-c3cnn4c3CCCC4)n2)c(OC)cc1N1CC(N(C)C)C1. The monoisotopic (exact) mass is 506 g/mol. The van der Waals surface area contributed by atoms with E-state index in [1.165, 1.54) is 5.69 Å². The number of methoxy groups -OCH3 is 1. The molecule has 0 bridgehead atoms. The molecular formula is C26H31FN8O2. The molecule has 11 heteroatoms. The topological polar surface area (TPSA) is 100 Å². The summed E-state index contributed by atoms with van der Waals surface area (Å²) in [4.78, 5) is 25.5. The molecule has 37 heavy (non-hydrogen) atoms. The number of carbonyl (C=O) groups is 1. The van der Waals surface area contributed by atoms with Gasteiger partial charge in [0, 0.05) is 49.2 Å². The Balaban J connectivity index is 1.46. The lowest BCUT2D eigenvalue weighted by Crippen LogP contribution is -2.57. The number of aryl methyl sites for hydroxylation is 1. The van der Waals surface area contributed by atoms with Gasteiger partial charge in [0.15, 0.2) is 5.83 Å². The second-order valence-corrected chi connectivity index (χ2v) is 9.53. The number of ether oxygens (including phenoxy) is 1. The molecule has 1 saturated heterocycles. The highest BCUT2D eigenvalue weighted by Gasteiger charge is 2.31. The van der Waals surface area contributed by atoms with Crippen molar-refractivity contribution >= 4 is 28.9 Å². The Labute approximate surface area is 215 Å². The Morgan fingerprint density at radius 2 is 2.05 bits per heavy atom. The van der Waals surface area contributed by atoms with Crippen LogP contribution in [0.15, 0.2) is 43.0 Å². The minimum absolute atomic E-state index is 0.364. The Morgan fingerprint density at radius 1 is 1.24 bits per heavy atom. The quantitative estimate of drug-likeness (QED) is 0.447. The maximum absolute atomic E-state index is 13.6. The van der Waals surface area contributed by atoms with Gasteiger partial charge in [0.25, 0.3) is 5.91 Å². The molecule has 2 aromatic heterocycles. The van der Waals surface area contributed by atoms with Crippen molar-refractivity contribution in [1.29, 1.82) is 0 Å². The summed E-state index contributed by atoms with van der Waals surface area (Å²) < 4.78 is 21.3. The highest BCUT2D eigenvalue weighted by molar-refractivity contribution is 6.04. The van der Waals surface area contributed by atoms with Gasteiger partial charge < -0.3 is 25.2 Å². The number of rotatable bonds is 8. The lowest BCUT2D eigenvalue weighted by molar-refractivity contribution is -0.114. The van der Waals surface area contributed by atoms with Crippen molar-refractivity contribution in [2.24, 2.45) is 0 Å². The predicted octanol–water partition coefficient (Wildman–Crippen LogP) is 3.60. The van der Waals surface area contributed by atoms with E-state index in [0.29, 0.717) is 29.1 Å². The number of benzene rings is 1. The number of nitrogens with one attached hydrogen (secondary N) is 2. The Bertz CT molecular complexity index is 1330. The molecule has 1 fully saturated rings. The van der Waals surface area contributed by atoms with Gasteiger partial charge in [-0.2, -0.15) is 5.10 Å². The van der Waals surface area contributed by atoms with Crippen molar-refractivity contribution in [1.82, 2.24) is 24.6 Å². The third kappa shape index (κ3) is 4.99. The molecule has 3 aromatic rings. The molecule has 2 aliphatic rings. The summed E-state index contributed by atoms with van der Waals surface area (Å²) in [6.07, 6.45) is 6.77. The van der Waals surface area contributed by atoms with E-state index >= 15 is 0 Å². The Kier molecular flexibility index (Phi) is 6.79.